The van der Waals surface area contributed by atoms with Crippen LogP contribution in [0.3, 0.4) is 0 Å². The lowest BCUT2D eigenvalue weighted by Gasteiger charge is -2.08. The molecule has 0 saturated carbocycles. The molecule has 0 saturated heterocycles. The SMILES string of the molecule is Cc1ccc2c(c1)N=Cc1cc3ccccc3nc1O2. The van der Waals surface area contributed by atoms with Gasteiger partial charge in [-0.05, 0) is 36.8 Å². The highest BCUT2D eigenvalue weighted by Gasteiger charge is 2.14. The van der Waals surface area contributed by atoms with E-state index in [1.807, 2.05) is 55.6 Å². The highest BCUT2D eigenvalue weighted by atomic mass is 16.5. The van der Waals surface area contributed by atoms with E-state index < -0.39 is 0 Å². The second kappa shape index (κ2) is 4.17. The molecule has 0 bridgehead atoms. The van der Waals surface area contributed by atoms with Crippen molar-refractivity contribution in [3.63, 3.8) is 0 Å². The van der Waals surface area contributed by atoms with Crippen molar-refractivity contribution in [2.75, 3.05) is 0 Å². The van der Waals surface area contributed by atoms with Crippen molar-refractivity contribution in [2.45, 2.75) is 6.92 Å². The summed E-state index contributed by atoms with van der Waals surface area (Å²) in [7, 11) is 0. The minimum Gasteiger partial charge on any atom is -0.436 e. The Kier molecular flexibility index (Phi) is 2.33. The normalized spacial score (nSPS) is 12.4. The fourth-order valence-electron chi connectivity index (χ4n) is 2.35. The highest BCUT2D eigenvalue weighted by Crippen LogP contribution is 2.36. The van der Waals surface area contributed by atoms with Crippen LogP contribution in [-0.2, 0) is 0 Å². The van der Waals surface area contributed by atoms with Crippen LogP contribution in [0.4, 0.5) is 5.69 Å². The third-order valence-electron chi connectivity index (χ3n) is 3.38. The molecule has 1 aliphatic heterocycles. The van der Waals surface area contributed by atoms with Gasteiger partial charge in [-0.25, -0.2) is 4.98 Å². The minimum atomic E-state index is 0.607. The van der Waals surface area contributed by atoms with Gasteiger partial charge in [-0.1, -0.05) is 24.3 Å². The van der Waals surface area contributed by atoms with E-state index in [1.54, 1.807) is 0 Å². The van der Waals surface area contributed by atoms with E-state index in [4.69, 9.17) is 4.74 Å². The molecule has 1 aliphatic rings. The molecule has 0 fully saturated rings. The van der Waals surface area contributed by atoms with Crippen molar-refractivity contribution in [3.05, 3.63) is 59.7 Å². The number of pyridine rings is 1. The number of hydrogen-bond acceptors (Lipinski definition) is 3. The van der Waals surface area contributed by atoms with Crippen LogP contribution in [0.15, 0.2) is 53.5 Å². The molecule has 4 rings (SSSR count). The summed E-state index contributed by atoms with van der Waals surface area (Å²) in [4.78, 5) is 9.09. The Bertz CT molecular complexity index is 853. The van der Waals surface area contributed by atoms with E-state index in [2.05, 4.69) is 16.0 Å². The summed E-state index contributed by atoms with van der Waals surface area (Å²) in [5.74, 6) is 1.35. The number of hydrogen-bond donors (Lipinski definition) is 0. The summed E-state index contributed by atoms with van der Waals surface area (Å²) < 4.78 is 5.93. The number of nitrogens with zero attached hydrogens (tertiary/aromatic N) is 2. The highest BCUT2D eigenvalue weighted by molar-refractivity contribution is 5.92. The van der Waals surface area contributed by atoms with Crippen molar-refractivity contribution >= 4 is 22.8 Å². The average Bonchev–Trinajstić information content (AvgIpc) is 2.63. The zero-order chi connectivity index (χ0) is 13.5. The van der Waals surface area contributed by atoms with E-state index >= 15 is 0 Å². The van der Waals surface area contributed by atoms with Gasteiger partial charge in [0.1, 0.15) is 5.69 Å². The maximum atomic E-state index is 5.93. The maximum absolute atomic E-state index is 5.93. The molecule has 3 aromatic rings. The van der Waals surface area contributed by atoms with Crippen LogP contribution in [0.25, 0.3) is 10.9 Å². The standard InChI is InChI=1S/C17H12N2O/c1-11-6-7-16-15(8-11)18-10-13-9-12-4-2-3-5-14(12)19-17(13)20-16/h2-10H,1H3. The first-order valence-electron chi connectivity index (χ1n) is 6.52. The van der Waals surface area contributed by atoms with Crippen molar-refractivity contribution < 1.29 is 4.74 Å². The molecule has 0 amide bonds. The van der Waals surface area contributed by atoms with Gasteiger partial charge in [0.2, 0.25) is 5.88 Å². The van der Waals surface area contributed by atoms with Gasteiger partial charge in [0.25, 0.3) is 0 Å². The average molecular weight is 260 g/mol. The second-order valence-electron chi connectivity index (χ2n) is 4.91. The van der Waals surface area contributed by atoms with Crippen LogP contribution in [0.5, 0.6) is 11.6 Å². The number of para-hydroxylation sites is 1. The number of aromatic nitrogens is 1. The molecular formula is C17H12N2O. The molecule has 0 aliphatic carbocycles. The molecule has 2 aromatic carbocycles. The van der Waals surface area contributed by atoms with E-state index in [0.29, 0.717) is 5.88 Å². The van der Waals surface area contributed by atoms with Crippen molar-refractivity contribution in [1.29, 1.82) is 0 Å². The van der Waals surface area contributed by atoms with Crippen LogP contribution in [0.2, 0.25) is 0 Å². The Balaban J connectivity index is 1.94. The van der Waals surface area contributed by atoms with E-state index in [-0.39, 0.29) is 0 Å². The maximum Gasteiger partial charge on any atom is 0.228 e. The monoisotopic (exact) mass is 260 g/mol. The molecule has 0 atom stereocenters. The molecule has 96 valence electrons. The van der Waals surface area contributed by atoms with Gasteiger partial charge < -0.3 is 4.74 Å². The van der Waals surface area contributed by atoms with Crippen LogP contribution in [0.1, 0.15) is 11.1 Å². The van der Waals surface area contributed by atoms with Crippen LogP contribution in [0, 0.1) is 6.92 Å². The number of ether oxygens (including phenoxy) is 1. The predicted octanol–water partition coefficient (Wildman–Crippen LogP) is 4.40. The molecule has 1 aromatic heterocycles. The van der Waals surface area contributed by atoms with E-state index in [0.717, 1.165) is 33.5 Å². The van der Waals surface area contributed by atoms with Crippen LogP contribution in [-0.4, -0.2) is 11.2 Å². The molecule has 3 nitrogen and oxygen atoms in total. The zero-order valence-corrected chi connectivity index (χ0v) is 11.0. The summed E-state index contributed by atoms with van der Waals surface area (Å²) in [5, 5.41) is 1.09. The Labute approximate surface area is 116 Å². The first-order chi connectivity index (χ1) is 9.79. The second-order valence-corrected chi connectivity index (χ2v) is 4.91. The Hall–Kier alpha value is -2.68. The van der Waals surface area contributed by atoms with Crippen molar-refractivity contribution in [3.8, 4) is 11.6 Å². The third kappa shape index (κ3) is 1.75. The van der Waals surface area contributed by atoms with E-state index in [1.165, 1.54) is 0 Å². The summed E-state index contributed by atoms with van der Waals surface area (Å²) in [6.45, 7) is 2.04. The first-order valence-corrected chi connectivity index (χ1v) is 6.52. The number of fused-ring (bicyclic) bond motifs is 3. The summed E-state index contributed by atoms with van der Waals surface area (Å²) in [6, 6.07) is 16.0. The molecule has 20 heavy (non-hydrogen) atoms. The van der Waals surface area contributed by atoms with Gasteiger partial charge in [0, 0.05) is 11.6 Å². The smallest absolute Gasteiger partial charge is 0.228 e. The molecule has 3 heteroatoms. The quantitative estimate of drug-likeness (QED) is 0.469. The summed E-state index contributed by atoms with van der Waals surface area (Å²) in [5.41, 5.74) is 3.83. The lowest BCUT2D eigenvalue weighted by molar-refractivity contribution is 0.467. The molecule has 2 heterocycles. The topological polar surface area (TPSA) is 34.5 Å². The first kappa shape index (κ1) is 11.2. The van der Waals surface area contributed by atoms with Crippen molar-refractivity contribution in [2.24, 2.45) is 4.99 Å². The van der Waals surface area contributed by atoms with E-state index in [9.17, 15) is 0 Å². The van der Waals surface area contributed by atoms with Gasteiger partial charge in [-0.2, -0.15) is 0 Å². The molecule has 0 radical (unpaired) electrons. The molecule has 0 unspecified atom stereocenters. The van der Waals surface area contributed by atoms with Gasteiger partial charge >= 0.3 is 0 Å². The summed E-state index contributed by atoms with van der Waals surface area (Å²) >= 11 is 0. The fourth-order valence-corrected chi connectivity index (χ4v) is 2.35. The number of aryl methyl sites for hydroxylation is 1. The number of aliphatic imine (C=N–C) groups is 1. The fraction of sp³-hybridized carbons (Fsp3) is 0.0588. The Morgan fingerprint density at radius 3 is 2.85 bits per heavy atom. The van der Waals surface area contributed by atoms with Gasteiger partial charge in [-0.3, -0.25) is 4.99 Å². The molecular weight excluding hydrogens is 248 g/mol. The minimum absolute atomic E-state index is 0.607. The number of rotatable bonds is 0. The zero-order valence-electron chi connectivity index (χ0n) is 11.0. The molecule has 0 spiro atoms. The number of benzene rings is 2. The Morgan fingerprint density at radius 2 is 1.90 bits per heavy atom. The third-order valence-corrected chi connectivity index (χ3v) is 3.38. The van der Waals surface area contributed by atoms with Gasteiger partial charge in [-0.15, -0.1) is 0 Å². The largest absolute Gasteiger partial charge is 0.436 e. The lowest BCUT2D eigenvalue weighted by Crippen LogP contribution is -1.93. The van der Waals surface area contributed by atoms with Gasteiger partial charge in [0.05, 0.1) is 11.1 Å². The van der Waals surface area contributed by atoms with Crippen LogP contribution < -0.4 is 4.74 Å². The summed E-state index contributed by atoms with van der Waals surface area (Å²) in [6.07, 6.45) is 1.82. The van der Waals surface area contributed by atoms with Crippen LogP contribution >= 0.6 is 0 Å². The lowest BCUT2D eigenvalue weighted by atomic mass is 10.1. The molecule has 0 N–H and O–H groups in total. The Morgan fingerprint density at radius 1 is 1.00 bits per heavy atom. The van der Waals surface area contributed by atoms with Gasteiger partial charge in [0.15, 0.2) is 5.75 Å². The predicted molar refractivity (Wildman–Crippen MR) is 80.3 cm³/mol. The van der Waals surface area contributed by atoms with Crippen molar-refractivity contribution in [1.82, 2.24) is 4.98 Å².